The van der Waals surface area contributed by atoms with Gasteiger partial charge in [0.15, 0.2) is 11.5 Å². The number of hydrazone groups is 1. The van der Waals surface area contributed by atoms with Crippen LogP contribution < -0.4 is 9.47 Å². The molecule has 0 saturated carbocycles. The molecule has 2 aromatic carbocycles. The van der Waals surface area contributed by atoms with Gasteiger partial charge in [0.1, 0.15) is 5.75 Å². The fourth-order valence-corrected chi connectivity index (χ4v) is 4.07. The van der Waals surface area contributed by atoms with E-state index in [-0.39, 0.29) is 11.8 Å². The maximum absolute atomic E-state index is 10.4. The number of rotatable bonds is 3. The molecule has 3 aromatic rings. The molecule has 0 spiro atoms. The summed E-state index contributed by atoms with van der Waals surface area (Å²) in [6.07, 6.45) is 3.63. The lowest BCUT2D eigenvalue weighted by atomic mass is 9.95. The smallest absolute Gasteiger partial charge is 0.214 e. The van der Waals surface area contributed by atoms with E-state index in [1.54, 1.807) is 37.7 Å². The van der Waals surface area contributed by atoms with Crippen molar-refractivity contribution in [3.8, 4) is 17.2 Å². The summed E-state index contributed by atoms with van der Waals surface area (Å²) in [6, 6.07) is 14.6. The monoisotopic (exact) mass is 407 g/mol. The number of hydrogen-bond donors (Lipinski definition) is 1. The van der Waals surface area contributed by atoms with Gasteiger partial charge in [-0.1, -0.05) is 23.7 Å². The van der Waals surface area contributed by atoms with Crippen molar-refractivity contribution in [2.24, 2.45) is 5.10 Å². The maximum Gasteiger partial charge on any atom is 0.214 e. The molecule has 1 aromatic heterocycles. The molecule has 0 unspecified atom stereocenters. The van der Waals surface area contributed by atoms with Gasteiger partial charge in [0, 0.05) is 40.5 Å². The van der Waals surface area contributed by atoms with Crippen LogP contribution in [0.3, 0.4) is 0 Å². The van der Waals surface area contributed by atoms with Crippen molar-refractivity contribution in [3.05, 3.63) is 82.6 Å². The van der Waals surface area contributed by atoms with Crippen LogP contribution in [0.5, 0.6) is 17.2 Å². The number of fused-ring (bicyclic) bond motifs is 3. The van der Waals surface area contributed by atoms with E-state index in [1.807, 2.05) is 35.3 Å². The Hall–Kier alpha value is -3.25. The van der Waals surface area contributed by atoms with E-state index in [2.05, 4.69) is 4.98 Å². The number of aromatic nitrogens is 1. The topological polar surface area (TPSA) is 67.2 Å². The highest BCUT2D eigenvalue weighted by molar-refractivity contribution is 6.31. The molecule has 2 atom stereocenters. The number of methoxy groups -OCH3 is 1. The number of halogens is 1. The third-order valence-corrected chi connectivity index (χ3v) is 5.50. The second-order valence-electron chi connectivity index (χ2n) is 6.94. The number of pyridine rings is 1. The minimum atomic E-state index is -0.439. The third kappa shape index (κ3) is 2.96. The van der Waals surface area contributed by atoms with Crippen molar-refractivity contribution in [1.82, 2.24) is 9.99 Å². The first-order valence-electron chi connectivity index (χ1n) is 9.24. The standard InChI is InChI=1S/C22H18ClN3O3/c1-28-20-4-2-3-15-18-12-17(16-11-14(23)5-6-19(16)27)25-26(18)22(29-21(15)20)13-7-9-24-10-8-13/h2-11,18,22,27H,12H2,1H3/t18-,22+/m1/s1. The van der Waals surface area contributed by atoms with Crippen LogP contribution in [0.2, 0.25) is 5.02 Å². The molecule has 2 aliphatic rings. The van der Waals surface area contributed by atoms with Gasteiger partial charge in [-0.2, -0.15) is 5.10 Å². The number of benzene rings is 2. The molecule has 2 aliphatic heterocycles. The Labute approximate surface area is 173 Å². The third-order valence-electron chi connectivity index (χ3n) is 5.26. The van der Waals surface area contributed by atoms with Crippen molar-refractivity contribution >= 4 is 17.3 Å². The number of hydrogen-bond acceptors (Lipinski definition) is 6. The molecule has 0 amide bonds. The molecule has 1 N–H and O–H groups in total. The van der Waals surface area contributed by atoms with Crippen LogP contribution in [0.1, 0.15) is 35.4 Å². The number of ether oxygens (including phenoxy) is 2. The van der Waals surface area contributed by atoms with Crippen molar-refractivity contribution in [2.75, 3.05) is 7.11 Å². The van der Waals surface area contributed by atoms with Crippen LogP contribution >= 0.6 is 11.6 Å². The molecule has 0 saturated heterocycles. The average Bonchev–Trinajstić information content (AvgIpc) is 3.20. The molecule has 29 heavy (non-hydrogen) atoms. The zero-order chi connectivity index (χ0) is 20.0. The van der Waals surface area contributed by atoms with Gasteiger partial charge in [-0.25, -0.2) is 5.01 Å². The zero-order valence-corrected chi connectivity index (χ0v) is 16.4. The summed E-state index contributed by atoms with van der Waals surface area (Å²) in [5.74, 6) is 1.55. The molecule has 0 radical (unpaired) electrons. The van der Waals surface area contributed by atoms with Crippen LogP contribution in [0.4, 0.5) is 0 Å². The second-order valence-corrected chi connectivity index (χ2v) is 7.37. The van der Waals surface area contributed by atoms with Gasteiger partial charge in [0.25, 0.3) is 0 Å². The molecule has 0 aliphatic carbocycles. The number of aromatic hydroxyl groups is 1. The number of phenolic OH excluding ortho intramolecular Hbond substituents is 1. The normalized spacial score (nSPS) is 19.8. The summed E-state index contributed by atoms with van der Waals surface area (Å²) in [5, 5.41) is 17.7. The van der Waals surface area contributed by atoms with Crippen LogP contribution in [-0.4, -0.2) is 27.9 Å². The highest BCUT2D eigenvalue weighted by Crippen LogP contribution is 2.51. The molecule has 146 valence electrons. The number of nitrogens with zero attached hydrogens (tertiary/aromatic N) is 3. The predicted molar refractivity (Wildman–Crippen MR) is 109 cm³/mol. The van der Waals surface area contributed by atoms with Crippen molar-refractivity contribution in [2.45, 2.75) is 18.7 Å². The van der Waals surface area contributed by atoms with Crippen LogP contribution in [-0.2, 0) is 0 Å². The summed E-state index contributed by atoms with van der Waals surface area (Å²) in [6.45, 7) is 0. The quantitative estimate of drug-likeness (QED) is 0.682. The van der Waals surface area contributed by atoms with Gasteiger partial charge in [-0.15, -0.1) is 0 Å². The Kier molecular flexibility index (Phi) is 4.28. The zero-order valence-electron chi connectivity index (χ0n) is 15.6. The molecule has 3 heterocycles. The van der Waals surface area contributed by atoms with Crippen molar-refractivity contribution in [3.63, 3.8) is 0 Å². The minimum absolute atomic E-state index is 0.0552. The van der Waals surface area contributed by atoms with Crippen LogP contribution in [0.25, 0.3) is 0 Å². The summed E-state index contributed by atoms with van der Waals surface area (Å²) in [7, 11) is 1.63. The lowest BCUT2D eigenvalue weighted by Gasteiger charge is -2.38. The first-order valence-corrected chi connectivity index (χ1v) is 9.61. The second kappa shape index (κ2) is 6.97. The van der Waals surface area contributed by atoms with Gasteiger partial charge >= 0.3 is 0 Å². The Balaban J connectivity index is 1.64. The molecular formula is C22H18ClN3O3. The van der Waals surface area contributed by atoms with E-state index in [4.69, 9.17) is 26.2 Å². The largest absolute Gasteiger partial charge is 0.507 e. The lowest BCUT2D eigenvalue weighted by molar-refractivity contribution is -0.0209. The summed E-state index contributed by atoms with van der Waals surface area (Å²) < 4.78 is 11.9. The van der Waals surface area contributed by atoms with E-state index in [1.165, 1.54) is 0 Å². The van der Waals surface area contributed by atoms with E-state index in [0.29, 0.717) is 28.5 Å². The minimum Gasteiger partial charge on any atom is -0.507 e. The summed E-state index contributed by atoms with van der Waals surface area (Å²) >= 11 is 6.17. The van der Waals surface area contributed by atoms with Gasteiger partial charge in [0.05, 0.1) is 18.9 Å². The Bertz CT molecular complexity index is 1100. The van der Waals surface area contributed by atoms with Crippen LogP contribution in [0.15, 0.2) is 66.0 Å². The maximum atomic E-state index is 10.4. The van der Waals surface area contributed by atoms with E-state index in [9.17, 15) is 5.11 Å². The Morgan fingerprint density at radius 3 is 2.79 bits per heavy atom. The molecule has 0 bridgehead atoms. The highest BCUT2D eigenvalue weighted by atomic mass is 35.5. The average molecular weight is 408 g/mol. The first kappa shape index (κ1) is 17.8. The fourth-order valence-electron chi connectivity index (χ4n) is 3.89. The number of para-hydroxylation sites is 1. The Morgan fingerprint density at radius 1 is 1.17 bits per heavy atom. The Morgan fingerprint density at radius 2 is 2.00 bits per heavy atom. The lowest BCUT2D eigenvalue weighted by Crippen LogP contribution is -2.33. The van der Waals surface area contributed by atoms with Gasteiger partial charge in [-0.05, 0) is 36.4 Å². The van der Waals surface area contributed by atoms with Gasteiger partial charge in [0.2, 0.25) is 6.23 Å². The van der Waals surface area contributed by atoms with Gasteiger partial charge < -0.3 is 14.6 Å². The van der Waals surface area contributed by atoms with E-state index < -0.39 is 6.23 Å². The first-order chi connectivity index (χ1) is 14.2. The summed E-state index contributed by atoms with van der Waals surface area (Å²) in [4.78, 5) is 4.11. The highest BCUT2D eigenvalue weighted by Gasteiger charge is 2.42. The van der Waals surface area contributed by atoms with Crippen molar-refractivity contribution < 1.29 is 14.6 Å². The summed E-state index contributed by atoms with van der Waals surface area (Å²) in [5.41, 5.74) is 3.31. The molecule has 7 heteroatoms. The van der Waals surface area contributed by atoms with Crippen LogP contribution in [0, 0.1) is 0 Å². The van der Waals surface area contributed by atoms with E-state index >= 15 is 0 Å². The van der Waals surface area contributed by atoms with Crippen molar-refractivity contribution in [1.29, 1.82) is 0 Å². The molecule has 0 fully saturated rings. The predicted octanol–water partition coefficient (Wildman–Crippen LogP) is 4.69. The molecule has 5 rings (SSSR count). The fraction of sp³-hybridized carbons (Fsp3) is 0.182. The van der Waals surface area contributed by atoms with Gasteiger partial charge in [-0.3, -0.25) is 4.98 Å². The molecular weight excluding hydrogens is 390 g/mol. The molecule has 6 nitrogen and oxygen atoms in total. The SMILES string of the molecule is COc1cccc2c1O[C@@H](c1ccncc1)N1N=C(c3cc(Cl)ccc3O)C[C@H]21. The number of phenols is 1. The van der Waals surface area contributed by atoms with E-state index in [0.717, 1.165) is 16.8 Å².